The van der Waals surface area contributed by atoms with Crippen molar-refractivity contribution in [3.63, 3.8) is 0 Å². The molecule has 1 aliphatic rings. The van der Waals surface area contributed by atoms with Crippen LogP contribution in [0.5, 0.6) is 0 Å². The molecule has 0 amide bonds. The van der Waals surface area contributed by atoms with E-state index in [4.69, 9.17) is 4.42 Å². The maximum atomic E-state index is 5.72. The van der Waals surface area contributed by atoms with Crippen molar-refractivity contribution in [2.24, 2.45) is 11.8 Å². The Balaban J connectivity index is 1.39. The Labute approximate surface area is 155 Å². The lowest BCUT2D eigenvalue weighted by Crippen LogP contribution is -2.16. The first-order valence-electron chi connectivity index (χ1n) is 9.96. The molecule has 0 N–H and O–H groups in total. The van der Waals surface area contributed by atoms with Crippen LogP contribution in [0.25, 0.3) is 10.9 Å². The summed E-state index contributed by atoms with van der Waals surface area (Å²) in [5.41, 5.74) is 3.70. The van der Waals surface area contributed by atoms with Gasteiger partial charge in [-0.15, -0.1) is 0 Å². The molecule has 0 aliphatic heterocycles. The van der Waals surface area contributed by atoms with Crippen LogP contribution < -0.4 is 0 Å². The van der Waals surface area contributed by atoms with Crippen molar-refractivity contribution in [1.29, 1.82) is 0 Å². The van der Waals surface area contributed by atoms with Crippen molar-refractivity contribution in [3.8, 4) is 0 Å². The van der Waals surface area contributed by atoms with Gasteiger partial charge in [-0.1, -0.05) is 32.0 Å². The minimum absolute atomic E-state index is 0.624. The van der Waals surface area contributed by atoms with E-state index in [9.17, 15) is 0 Å². The van der Waals surface area contributed by atoms with Crippen LogP contribution in [0.1, 0.15) is 62.6 Å². The predicted molar refractivity (Wildman–Crippen MR) is 105 cm³/mol. The van der Waals surface area contributed by atoms with E-state index >= 15 is 0 Å². The molecule has 0 saturated heterocycles. The number of nitrogens with zero attached hydrogens (tertiary/aromatic N) is 2. The van der Waals surface area contributed by atoms with Crippen LogP contribution in [-0.2, 0) is 12.8 Å². The Bertz CT molecular complexity index is 854. The number of pyridine rings is 1. The van der Waals surface area contributed by atoms with Crippen LogP contribution in [0, 0.1) is 11.8 Å². The maximum absolute atomic E-state index is 5.72. The summed E-state index contributed by atoms with van der Waals surface area (Å²) in [6, 6.07) is 10.7. The second-order valence-electron chi connectivity index (χ2n) is 8.17. The molecule has 26 heavy (non-hydrogen) atoms. The zero-order valence-corrected chi connectivity index (χ0v) is 15.8. The summed E-state index contributed by atoms with van der Waals surface area (Å²) in [5, 5.41) is 1.32. The third-order valence-corrected chi connectivity index (χ3v) is 5.65. The molecule has 0 unspecified atom stereocenters. The number of para-hydroxylation sites is 1. The van der Waals surface area contributed by atoms with Gasteiger partial charge in [0.15, 0.2) is 5.89 Å². The molecule has 2 aromatic heterocycles. The van der Waals surface area contributed by atoms with Crippen molar-refractivity contribution in [3.05, 3.63) is 59.9 Å². The molecule has 1 aromatic carbocycles. The number of benzene rings is 1. The second kappa shape index (κ2) is 7.61. The van der Waals surface area contributed by atoms with E-state index in [1.165, 1.54) is 36.6 Å². The standard InChI is InChI=1S/C23H28N2O/c1-16(2)13-19-15-26-23(25-19)14-17-7-9-18(10-8-17)20-11-12-24-22-6-4-3-5-21(20)22/h3-6,11-12,15-18H,7-10,13-14H2,1-2H3/t17-,18+. The zero-order valence-electron chi connectivity index (χ0n) is 15.8. The normalized spacial score (nSPS) is 20.7. The van der Waals surface area contributed by atoms with Gasteiger partial charge >= 0.3 is 0 Å². The van der Waals surface area contributed by atoms with Gasteiger partial charge in [0.25, 0.3) is 0 Å². The van der Waals surface area contributed by atoms with E-state index in [1.807, 2.05) is 12.5 Å². The highest BCUT2D eigenvalue weighted by Crippen LogP contribution is 2.39. The summed E-state index contributed by atoms with van der Waals surface area (Å²) in [7, 11) is 0. The van der Waals surface area contributed by atoms with Crippen molar-refractivity contribution in [2.45, 2.75) is 58.3 Å². The van der Waals surface area contributed by atoms with E-state index < -0.39 is 0 Å². The molecule has 1 saturated carbocycles. The van der Waals surface area contributed by atoms with E-state index in [1.54, 1.807) is 0 Å². The number of oxazole rings is 1. The molecule has 3 nitrogen and oxygen atoms in total. The van der Waals surface area contributed by atoms with E-state index in [0.29, 0.717) is 17.8 Å². The lowest BCUT2D eigenvalue weighted by Gasteiger charge is -2.28. The number of fused-ring (bicyclic) bond motifs is 1. The van der Waals surface area contributed by atoms with Gasteiger partial charge in [0.1, 0.15) is 6.26 Å². The lowest BCUT2D eigenvalue weighted by atomic mass is 9.77. The number of rotatable bonds is 5. The lowest BCUT2D eigenvalue weighted by molar-refractivity contribution is 0.305. The molecule has 2 heterocycles. The largest absolute Gasteiger partial charge is 0.449 e. The Kier molecular flexibility index (Phi) is 5.05. The van der Waals surface area contributed by atoms with Gasteiger partial charge < -0.3 is 4.42 Å². The van der Waals surface area contributed by atoms with Gasteiger partial charge in [0.05, 0.1) is 11.2 Å². The average Bonchev–Trinajstić information content (AvgIpc) is 3.08. The first-order chi connectivity index (χ1) is 12.7. The quantitative estimate of drug-likeness (QED) is 0.573. The fourth-order valence-corrected chi connectivity index (χ4v) is 4.35. The van der Waals surface area contributed by atoms with Crippen LogP contribution in [0.4, 0.5) is 0 Å². The Morgan fingerprint density at radius 2 is 1.88 bits per heavy atom. The van der Waals surface area contributed by atoms with E-state index in [2.05, 4.69) is 54.1 Å². The molecular formula is C23H28N2O. The van der Waals surface area contributed by atoms with Crippen LogP contribution in [0.3, 0.4) is 0 Å². The highest BCUT2D eigenvalue weighted by molar-refractivity contribution is 5.82. The number of aromatic nitrogens is 2. The number of hydrogen-bond donors (Lipinski definition) is 0. The Morgan fingerprint density at radius 1 is 1.08 bits per heavy atom. The first-order valence-corrected chi connectivity index (χ1v) is 9.96. The molecule has 4 rings (SSSR count). The van der Waals surface area contributed by atoms with Gasteiger partial charge in [0.2, 0.25) is 0 Å². The zero-order chi connectivity index (χ0) is 17.9. The molecule has 136 valence electrons. The second-order valence-corrected chi connectivity index (χ2v) is 8.17. The molecule has 1 aliphatic carbocycles. The van der Waals surface area contributed by atoms with Crippen molar-refractivity contribution in [2.75, 3.05) is 0 Å². The molecule has 0 atom stereocenters. The third kappa shape index (κ3) is 3.82. The third-order valence-electron chi connectivity index (χ3n) is 5.65. The Morgan fingerprint density at radius 3 is 2.69 bits per heavy atom. The van der Waals surface area contributed by atoms with Gasteiger partial charge in [-0.25, -0.2) is 4.98 Å². The van der Waals surface area contributed by atoms with Crippen molar-refractivity contribution < 1.29 is 4.42 Å². The van der Waals surface area contributed by atoms with Crippen LogP contribution in [0.2, 0.25) is 0 Å². The van der Waals surface area contributed by atoms with Crippen LogP contribution in [-0.4, -0.2) is 9.97 Å². The van der Waals surface area contributed by atoms with Gasteiger partial charge in [-0.3, -0.25) is 4.98 Å². The van der Waals surface area contributed by atoms with Gasteiger partial charge in [-0.2, -0.15) is 0 Å². The summed E-state index contributed by atoms with van der Waals surface area (Å²) in [6.45, 7) is 4.44. The predicted octanol–water partition coefficient (Wildman–Crippen LogP) is 5.94. The maximum Gasteiger partial charge on any atom is 0.194 e. The molecule has 3 aromatic rings. The SMILES string of the molecule is CC(C)Cc1coc(C[C@H]2CC[C@@H](c3ccnc4ccccc43)CC2)n1. The minimum atomic E-state index is 0.624. The number of hydrogen-bond acceptors (Lipinski definition) is 3. The smallest absolute Gasteiger partial charge is 0.194 e. The summed E-state index contributed by atoms with van der Waals surface area (Å²) >= 11 is 0. The molecule has 0 spiro atoms. The highest BCUT2D eigenvalue weighted by atomic mass is 16.3. The summed E-state index contributed by atoms with van der Waals surface area (Å²) in [6.07, 6.45) is 10.8. The van der Waals surface area contributed by atoms with Gasteiger partial charge in [-0.05, 0) is 67.6 Å². The molecule has 3 heteroatoms. The minimum Gasteiger partial charge on any atom is -0.449 e. The molecular weight excluding hydrogens is 320 g/mol. The topological polar surface area (TPSA) is 38.9 Å². The molecule has 0 radical (unpaired) electrons. The summed E-state index contributed by atoms with van der Waals surface area (Å²) in [4.78, 5) is 9.20. The molecule has 1 fully saturated rings. The summed E-state index contributed by atoms with van der Waals surface area (Å²) < 4.78 is 5.72. The average molecular weight is 348 g/mol. The molecule has 0 bridgehead atoms. The fourth-order valence-electron chi connectivity index (χ4n) is 4.35. The first kappa shape index (κ1) is 17.3. The van der Waals surface area contributed by atoms with E-state index in [-0.39, 0.29) is 0 Å². The van der Waals surface area contributed by atoms with Gasteiger partial charge in [0, 0.05) is 18.0 Å². The monoisotopic (exact) mass is 348 g/mol. The fraction of sp³-hybridized carbons (Fsp3) is 0.478. The van der Waals surface area contributed by atoms with Crippen LogP contribution in [0.15, 0.2) is 47.2 Å². The van der Waals surface area contributed by atoms with E-state index in [0.717, 1.165) is 29.9 Å². The Hall–Kier alpha value is -2.16. The van der Waals surface area contributed by atoms with Crippen molar-refractivity contribution in [1.82, 2.24) is 9.97 Å². The summed E-state index contributed by atoms with van der Waals surface area (Å²) in [5.74, 6) is 2.90. The van der Waals surface area contributed by atoms with Crippen molar-refractivity contribution >= 4 is 10.9 Å². The highest BCUT2D eigenvalue weighted by Gasteiger charge is 2.25. The van der Waals surface area contributed by atoms with Crippen LogP contribution >= 0.6 is 0 Å².